The number of nitrogens with zero attached hydrogens (tertiary/aromatic N) is 4. The predicted octanol–water partition coefficient (Wildman–Crippen LogP) is 1.05. The molecule has 2 rings (SSSR count). The molecule has 0 aromatic carbocycles. The van der Waals surface area contributed by atoms with Crippen molar-refractivity contribution >= 4 is 11.6 Å². The second-order valence-corrected chi connectivity index (χ2v) is 4.64. The Morgan fingerprint density at radius 3 is 2.94 bits per heavy atom. The molecular formula is C12H21N5. The topological polar surface area (TPSA) is 44.3 Å². The summed E-state index contributed by atoms with van der Waals surface area (Å²) in [6.07, 6.45) is 2.84. The molecule has 0 bridgehead atoms. The first-order chi connectivity index (χ1) is 8.20. The van der Waals surface area contributed by atoms with Gasteiger partial charge in [-0.25, -0.2) is 9.97 Å². The van der Waals surface area contributed by atoms with Crippen LogP contribution in [0.3, 0.4) is 0 Å². The van der Waals surface area contributed by atoms with Crippen molar-refractivity contribution < 1.29 is 0 Å². The first-order valence-corrected chi connectivity index (χ1v) is 6.18. The molecule has 1 aliphatic rings. The SMILES string of the molecule is CCNc1cc(N2CC[C@@H](N(C)C)C2)ncn1. The average molecular weight is 235 g/mol. The summed E-state index contributed by atoms with van der Waals surface area (Å²) in [4.78, 5) is 13.2. The number of aromatic nitrogens is 2. The molecule has 1 fully saturated rings. The molecule has 0 aliphatic carbocycles. The fourth-order valence-corrected chi connectivity index (χ4v) is 2.17. The van der Waals surface area contributed by atoms with Crippen molar-refractivity contribution in [3.05, 3.63) is 12.4 Å². The van der Waals surface area contributed by atoms with Gasteiger partial charge in [-0.2, -0.15) is 0 Å². The number of rotatable bonds is 4. The quantitative estimate of drug-likeness (QED) is 0.845. The molecule has 17 heavy (non-hydrogen) atoms. The van der Waals surface area contributed by atoms with Gasteiger partial charge in [0.15, 0.2) is 0 Å². The van der Waals surface area contributed by atoms with Gasteiger partial charge in [0.1, 0.15) is 18.0 Å². The Morgan fingerprint density at radius 2 is 2.29 bits per heavy atom. The number of hydrogen-bond donors (Lipinski definition) is 1. The lowest BCUT2D eigenvalue weighted by Gasteiger charge is -2.21. The van der Waals surface area contributed by atoms with Crippen molar-refractivity contribution in [3.8, 4) is 0 Å². The van der Waals surface area contributed by atoms with Crippen LogP contribution in [0.5, 0.6) is 0 Å². The van der Waals surface area contributed by atoms with E-state index in [1.165, 1.54) is 6.42 Å². The van der Waals surface area contributed by atoms with Gasteiger partial charge in [0.25, 0.3) is 0 Å². The highest BCUT2D eigenvalue weighted by atomic mass is 15.3. The molecule has 2 heterocycles. The molecule has 1 aromatic heterocycles. The van der Waals surface area contributed by atoms with Crippen LogP contribution in [0.1, 0.15) is 13.3 Å². The first-order valence-electron chi connectivity index (χ1n) is 6.18. The summed E-state index contributed by atoms with van der Waals surface area (Å²) in [5.41, 5.74) is 0. The zero-order chi connectivity index (χ0) is 12.3. The third-order valence-corrected chi connectivity index (χ3v) is 3.23. The highest BCUT2D eigenvalue weighted by Crippen LogP contribution is 2.21. The van der Waals surface area contributed by atoms with Crippen LogP contribution in [0.2, 0.25) is 0 Å². The van der Waals surface area contributed by atoms with Gasteiger partial charge in [0.05, 0.1) is 0 Å². The van der Waals surface area contributed by atoms with E-state index in [2.05, 4.69) is 46.1 Å². The largest absolute Gasteiger partial charge is 0.370 e. The smallest absolute Gasteiger partial charge is 0.134 e. The van der Waals surface area contributed by atoms with Crippen LogP contribution >= 0.6 is 0 Å². The summed E-state index contributed by atoms with van der Waals surface area (Å²) in [7, 11) is 4.27. The van der Waals surface area contributed by atoms with Crippen molar-refractivity contribution in [2.45, 2.75) is 19.4 Å². The minimum Gasteiger partial charge on any atom is -0.370 e. The van der Waals surface area contributed by atoms with Gasteiger partial charge in [-0.05, 0) is 27.4 Å². The maximum atomic E-state index is 4.35. The molecule has 0 unspecified atom stereocenters. The number of anilines is 2. The Bertz CT molecular complexity index is 366. The van der Waals surface area contributed by atoms with Gasteiger partial charge in [-0.1, -0.05) is 0 Å². The molecule has 5 nitrogen and oxygen atoms in total. The van der Waals surface area contributed by atoms with Crippen LogP contribution < -0.4 is 10.2 Å². The van der Waals surface area contributed by atoms with E-state index < -0.39 is 0 Å². The normalized spacial score (nSPS) is 20.0. The van der Waals surface area contributed by atoms with Crippen LogP contribution in [0.25, 0.3) is 0 Å². The van der Waals surface area contributed by atoms with Gasteiger partial charge in [-0.3, -0.25) is 0 Å². The first kappa shape index (κ1) is 12.1. The van der Waals surface area contributed by atoms with Crippen molar-refractivity contribution in [2.24, 2.45) is 0 Å². The molecule has 1 N–H and O–H groups in total. The second-order valence-electron chi connectivity index (χ2n) is 4.64. The van der Waals surface area contributed by atoms with Crippen LogP contribution in [0.15, 0.2) is 12.4 Å². The zero-order valence-electron chi connectivity index (χ0n) is 10.8. The Kier molecular flexibility index (Phi) is 3.78. The average Bonchev–Trinajstić information content (AvgIpc) is 2.79. The Morgan fingerprint density at radius 1 is 1.47 bits per heavy atom. The molecule has 1 saturated heterocycles. The van der Waals surface area contributed by atoms with E-state index in [1.54, 1.807) is 6.33 Å². The maximum absolute atomic E-state index is 4.35. The van der Waals surface area contributed by atoms with E-state index in [1.807, 2.05) is 6.07 Å². The van der Waals surface area contributed by atoms with Crippen molar-refractivity contribution in [1.82, 2.24) is 14.9 Å². The van der Waals surface area contributed by atoms with Crippen molar-refractivity contribution in [3.63, 3.8) is 0 Å². The third-order valence-electron chi connectivity index (χ3n) is 3.23. The molecule has 1 aliphatic heterocycles. The third kappa shape index (κ3) is 2.85. The molecule has 0 saturated carbocycles. The van der Waals surface area contributed by atoms with E-state index in [9.17, 15) is 0 Å². The minimum absolute atomic E-state index is 0.632. The number of likely N-dealkylation sites (N-methyl/N-ethyl adjacent to an activating group) is 1. The van der Waals surface area contributed by atoms with Crippen molar-refractivity contribution in [2.75, 3.05) is 43.9 Å². The predicted molar refractivity (Wildman–Crippen MR) is 70.5 cm³/mol. The fourth-order valence-electron chi connectivity index (χ4n) is 2.17. The van der Waals surface area contributed by atoms with Gasteiger partial charge < -0.3 is 15.1 Å². The van der Waals surface area contributed by atoms with Gasteiger partial charge in [0.2, 0.25) is 0 Å². The highest BCUT2D eigenvalue weighted by molar-refractivity contribution is 5.49. The number of nitrogens with one attached hydrogen (secondary N) is 1. The second kappa shape index (κ2) is 5.31. The molecular weight excluding hydrogens is 214 g/mol. The van der Waals surface area contributed by atoms with Crippen LogP contribution in [-0.2, 0) is 0 Å². The minimum atomic E-state index is 0.632. The van der Waals surface area contributed by atoms with E-state index in [-0.39, 0.29) is 0 Å². The molecule has 1 atom stereocenters. The molecule has 94 valence electrons. The van der Waals surface area contributed by atoms with E-state index in [0.717, 1.165) is 31.3 Å². The summed E-state index contributed by atoms with van der Waals surface area (Å²) in [6, 6.07) is 2.66. The zero-order valence-corrected chi connectivity index (χ0v) is 10.8. The molecule has 1 aromatic rings. The molecule has 0 radical (unpaired) electrons. The Balaban J connectivity index is 2.05. The van der Waals surface area contributed by atoms with Gasteiger partial charge in [-0.15, -0.1) is 0 Å². The molecule has 5 heteroatoms. The van der Waals surface area contributed by atoms with Crippen LogP contribution in [-0.4, -0.2) is 54.6 Å². The van der Waals surface area contributed by atoms with Gasteiger partial charge in [0, 0.05) is 31.7 Å². The van der Waals surface area contributed by atoms with E-state index in [4.69, 9.17) is 0 Å². The fraction of sp³-hybridized carbons (Fsp3) is 0.667. The summed E-state index contributed by atoms with van der Waals surface area (Å²) in [6.45, 7) is 5.08. The Hall–Kier alpha value is -1.36. The lowest BCUT2D eigenvalue weighted by Crippen LogP contribution is -2.31. The maximum Gasteiger partial charge on any atom is 0.134 e. The summed E-state index contributed by atoms with van der Waals surface area (Å²) >= 11 is 0. The lowest BCUT2D eigenvalue weighted by molar-refractivity contribution is 0.315. The van der Waals surface area contributed by atoms with Crippen LogP contribution in [0.4, 0.5) is 11.6 Å². The van der Waals surface area contributed by atoms with E-state index >= 15 is 0 Å². The standard InChI is InChI=1S/C12H21N5/c1-4-13-11-7-12(15-9-14-11)17-6-5-10(8-17)16(2)3/h7,9-10H,4-6,8H2,1-3H3,(H,13,14,15)/t10-/m1/s1. The lowest BCUT2D eigenvalue weighted by atomic mass is 10.2. The van der Waals surface area contributed by atoms with Crippen LogP contribution in [0, 0.1) is 0 Å². The van der Waals surface area contributed by atoms with Gasteiger partial charge >= 0.3 is 0 Å². The molecule has 0 amide bonds. The molecule has 0 spiro atoms. The summed E-state index contributed by atoms with van der Waals surface area (Å²) in [5.74, 6) is 1.94. The van der Waals surface area contributed by atoms with E-state index in [0.29, 0.717) is 6.04 Å². The summed E-state index contributed by atoms with van der Waals surface area (Å²) < 4.78 is 0. The summed E-state index contributed by atoms with van der Waals surface area (Å²) in [5, 5.41) is 3.22. The Labute approximate surface area is 103 Å². The highest BCUT2D eigenvalue weighted by Gasteiger charge is 2.24. The number of hydrogen-bond acceptors (Lipinski definition) is 5. The monoisotopic (exact) mass is 235 g/mol. The van der Waals surface area contributed by atoms with Crippen molar-refractivity contribution in [1.29, 1.82) is 0 Å².